The van der Waals surface area contributed by atoms with Crippen molar-refractivity contribution in [2.75, 3.05) is 18.9 Å². The molecule has 1 heterocycles. The number of hydrogen-bond acceptors (Lipinski definition) is 5. The highest BCUT2D eigenvalue weighted by molar-refractivity contribution is 7.92. The second-order valence-corrected chi connectivity index (χ2v) is 6.01. The zero-order chi connectivity index (χ0) is 15.3. The summed E-state index contributed by atoms with van der Waals surface area (Å²) < 4.78 is 32.6. The quantitative estimate of drug-likeness (QED) is 0.847. The van der Waals surface area contributed by atoms with E-state index in [-0.39, 0.29) is 4.90 Å². The molecule has 2 rings (SSSR count). The molecule has 2 aromatic rings. The van der Waals surface area contributed by atoms with Crippen LogP contribution in [0.4, 0.5) is 5.69 Å². The molecule has 21 heavy (non-hydrogen) atoms. The first kappa shape index (κ1) is 15.3. The standard InChI is InChI=1S/C14H17N3O3S/c1-15-9-11-5-6-13(20-2)14(8-11)21(18,19)17-12-4-3-7-16-10-12/h3-8,10,15,17H,9H2,1-2H3. The zero-order valence-corrected chi connectivity index (χ0v) is 12.6. The maximum Gasteiger partial charge on any atom is 0.265 e. The van der Waals surface area contributed by atoms with E-state index in [1.54, 1.807) is 37.5 Å². The number of methoxy groups -OCH3 is 1. The number of rotatable bonds is 6. The van der Waals surface area contributed by atoms with Gasteiger partial charge < -0.3 is 10.1 Å². The van der Waals surface area contributed by atoms with Crippen molar-refractivity contribution in [3.8, 4) is 5.75 Å². The Labute approximate surface area is 124 Å². The maximum absolute atomic E-state index is 12.5. The van der Waals surface area contributed by atoms with Crippen LogP contribution in [0.1, 0.15) is 5.56 Å². The first-order valence-corrected chi connectivity index (χ1v) is 7.79. The Hall–Kier alpha value is -2.12. The van der Waals surface area contributed by atoms with E-state index in [0.29, 0.717) is 18.0 Å². The fourth-order valence-corrected chi connectivity index (χ4v) is 3.14. The third kappa shape index (κ3) is 3.71. The van der Waals surface area contributed by atoms with Gasteiger partial charge in [-0.25, -0.2) is 8.42 Å². The molecule has 6 nitrogen and oxygen atoms in total. The average Bonchev–Trinajstić information content (AvgIpc) is 2.48. The van der Waals surface area contributed by atoms with Crippen LogP contribution in [0.5, 0.6) is 5.75 Å². The second-order valence-electron chi connectivity index (χ2n) is 4.36. The minimum Gasteiger partial charge on any atom is -0.495 e. The number of hydrogen-bond donors (Lipinski definition) is 2. The molecule has 0 aliphatic rings. The summed E-state index contributed by atoms with van der Waals surface area (Å²) in [6, 6.07) is 8.35. The lowest BCUT2D eigenvalue weighted by molar-refractivity contribution is 0.402. The monoisotopic (exact) mass is 307 g/mol. The van der Waals surface area contributed by atoms with Gasteiger partial charge in [0.25, 0.3) is 10.0 Å². The molecule has 0 bridgehead atoms. The number of nitrogens with one attached hydrogen (secondary N) is 2. The molecule has 0 saturated carbocycles. The third-order valence-electron chi connectivity index (χ3n) is 2.81. The van der Waals surface area contributed by atoms with Crippen LogP contribution in [0, 0.1) is 0 Å². The van der Waals surface area contributed by atoms with Crippen molar-refractivity contribution in [1.29, 1.82) is 0 Å². The molecule has 0 saturated heterocycles. The molecule has 0 atom stereocenters. The Morgan fingerprint density at radius 3 is 2.71 bits per heavy atom. The van der Waals surface area contributed by atoms with E-state index in [1.165, 1.54) is 13.3 Å². The lowest BCUT2D eigenvalue weighted by Gasteiger charge is -2.13. The highest BCUT2D eigenvalue weighted by atomic mass is 32.2. The maximum atomic E-state index is 12.5. The van der Waals surface area contributed by atoms with E-state index in [4.69, 9.17) is 4.74 Å². The molecule has 0 spiro atoms. The van der Waals surface area contributed by atoms with Crippen molar-refractivity contribution >= 4 is 15.7 Å². The molecule has 0 aliphatic heterocycles. The van der Waals surface area contributed by atoms with Crippen LogP contribution in [-0.2, 0) is 16.6 Å². The summed E-state index contributed by atoms with van der Waals surface area (Å²) in [6.45, 7) is 0.569. The number of ether oxygens (including phenoxy) is 1. The summed E-state index contributed by atoms with van der Waals surface area (Å²) in [7, 11) is -0.501. The first-order valence-electron chi connectivity index (χ1n) is 6.31. The lowest BCUT2D eigenvalue weighted by atomic mass is 10.2. The van der Waals surface area contributed by atoms with Gasteiger partial charge >= 0.3 is 0 Å². The lowest BCUT2D eigenvalue weighted by Crippen LogP contribution is -2.15. The van der Waals surface area contributed by atoms with Crippen LogP contribution in [0.3, 0.4) is 0 Å². The topological polar surface area (TPSA) is 80.3 Å². The number of anilines is 1. The van der Waals surface area contributed by atoms with E-state index in [2.05, 4.69) is 15.0 Å². The van der Waals surface area contributed by atoms with Gasteiger partial charge in [-0.3, -0.25) is 9.71 Å². The Balaban J connectivity index is 2.40. The van der Waals surface area contributed by atoms with Crippen molar-refractivity contribution in [2.24, 2.45) is 0 Å². The van der Waals surface area contributed by atoms with Crippen molar-refractivity contribution in [2.45, 2.75) is 11.4 Å². The summed E-state index contributed by atoms with van der Waals surface area (Å²) in [5.74, 6) is 0.297. The number of pyridine rings is 1. The molecule has 0 aliphatic carbocycles. The second kappa shape index (κ2) is 6.55. The fraction of sp³-hybridized carbons (Fsp3) is 0.214. The van der Waals surface area contributed by atoms with Crippen LogP contribution in [0.25, 0.3) is 0 Å². The van der Waals surface area contributed by atoms with Crippen LogP contribution in [0.15, 0.2) is 47.6 Å². The highest BCUT2D eigenvalue weighted by Gasteiger charge is 2.20. The molecule has 7 heteroatoms. The van der Waals surface area contributed by atoms with Gasteiger partial charge in [-0.2, -0.15) is 0 Å². The highest BCUT2D eigenvalue weighted by Crippen LogP contribution is 2.26. The first-order chi connectivity index (χ1) is 10.1. The molecule has 112 valence electrons. The van der Waals surface area contributed by atoms with Crippen molar-refractivity contribution in [1.82, 2.24) is 10.3 Å². The fourth-order valence-electron chi connectivity index (χ4n) is 1.88. The summed E-state index contributed by atoms with van der Waals surface area (Å²) in [4.78, 5) is 3.98. The predicted molar refractivity (Wildman–Crippen MR) is 80.8 cm³/mol. The van der Waals surface area contributed by atoms with Gasteiger partial charge in [0, 0.05) is 12.7 Å². The molecule has 0 radical (unpaired) electrons. The van der Waals surface area contributed by atoms with Gasteiger partial charge in [-0.15, -0.1) is 0 Å². The van der Waals surface area contributed by atoms with Gasteiger partial charge in [0.1, 0.15) is 10.6 Å². The molecule has 1 aromatic heterocycles. The average molecular weight is 307 g/mol. The van der Waals surface area contributed by atoms with Crippen molar-refractivity contribution < 1.29 is 13.2 Å². The van der Waals surface area contributed by atoms with Crippen LogP contribution in [0.2, 0.25) is 0 Å². The van der Waals surface area contributed by atoms with E-state index in [9.17, 15) is 8.42 Å². The van der Waals surface area contributed by atoms with Crippen molar-refractivity contribution in [3.05, 3.63) is 48.3 Å². The summed E-state index contributed by atoms with van der Waals surface area (Å²) >= 11 is 0. The van der Waals surface area contributed by atoms with Gasteiger partial charge in [0.2, 0.25) is 0 Å². The van der Waals surface area contributed by atoms with E-state index >= 15 is 0 Å². The summed E-state index contributed by atoms with van der Waals surface area (Å²) in [5, 5.41) is 2.98. The van der Waals surface area contributed by atoms with E-state index in [1.807, 2.05) is 6.07 Å². The van der Waals surface area contributed by atoms with Gasteiger partial charge in [-0.05, 0) is 36.9 Å². The SMILES string of the molecule is CNCc1ccc(OC)c(S(=O)(=O)Nc2cccnc2)c1. The smallest absolute Gasteiger partial charge is 0.265 e. The Morgan fingerprint density at radius 1 is 1.29 bits per heavy atom. The van der Waals surface area contributed by atoms with Crippen LogP contribution in [-0.4, -0.2) is 27.6 Å². The molecule has 1 aromatic carbocycles. The normalized spacial score (nSPS) is 11.1. The minimum atomic E-state index is -3.74. The molecular formula is C14H17N3O3S. The molecule has 0 unspecified atom stereocenters. The molecule has 0 amide bonds. The Bertz CT molecular complexity index is 703. The van der Waals surface area contributed by atoms with Crippen LogP contribution >= 0.6 is 0 Å². The van der Waals surface area contributed by atoms with E-state index < -0.39 is 10.0 Å². The molecule has 0 fully saturated rings. The van der Waals surface area contributed by atoms with Crippen molar-refractivity contribution in [3.63, 3.8) is 0 Å². The number of nitrogens with zero attached hydrogens (tertiary/aromatic N) is 1. The summed E-state index contributed by atoms with van der Waals surface area (Å²) in [6.07, 6.45) is 3.02. The zero-order valence-electron chi connectivity index (χ0n) is 11.8. The van der Waals surface area contributed by atoms with Crippen LogP contribution < -0.4 is 14.8 Å². The van der Waals surface area contributed by atoms with Gasteiger partial charge in [0.05, 0.1) is 19.0 Å². The predicted octanol–water partition coefficient (Wildman–Crippen LogP) is 1.61. The van der Waals surface area contributed by atoms with Gasteiger partial charge in [0.15, 0.2) is 0 Å². The largest absolute Gasteiger partial charge is 0.495 e. The number of sulfonamides is 1. The minimum absolute atomic E-state index is 0.0987. The number of benzene rings is 1. The summed E-state index contributed by atoms with van der Waals surface area (Å²) in [5.41, 5.74) is 1.25. The van der Waals surface area contributed by atoms with E-state index in [0.717, 1.165) is 5.56 Å². The Morgan fingerprint density at radius 2 is 2.10 bits per heavy atom. The van der Waals surface area contributed by atoms with Gasteiger partial charge in [-0.1, -0.05) is 6.07 Å². The molecule has 2 N–H and O–H groups in total. The third-order valence-corrected chi connectivity index (χ3v) is 4.21. The number of aromatic nitrogens is 1. The Kier molecular flexibility index (Phi) is 4.77. The molecular weight excluding hydrogens is 290 g/mol.